The van der Waals surface area contributed by atoms with Crippen molar-refractivity contribution in [2.24, 2.45) is 0 Å². The van der Waals surface area contributed by atoms with Gasteiger partial charge in [-0.2, -0.15) is 0 Å². The summed E-state index contributed by atoms with van der Waals surface area (Å²) in [6.45, 7) is 0.442. The lowest BCUT2D eigenvalue weighted by Crippen LogP contribution is -2.27. The molecule has 0 spiro atoms. The zero-order valence-electron chi connectivity index (χ0n) is 14.4. The SMILES string of the molecule is CN(c1ccccc1)c1ccc(C(=O)NCCc2ccc(F)cc2)nn1. The molecule has 0 fully saturated rings. The molecule has 5 nitrogen and oxygen atoms in total. The van der Waals surface area contributed by atoms with E-state index in [1.165, 1.54) is 12.1 Å². The Bertz CT molecular complexity index is 851. The van der Waals surface area contributed by atoms with Gasteiger partial charge in [-0.1, -0.05) is 30.3 Å². The van der Waals surface area contributed by atoms with E-state index in [0.717, 1.165) is 11.3 Å². The maximum Gasteiger partial charge on any atom is 0.271 e. The van der Waals surface area contributed by atoms with Crippen molar-refractivity contribution >= 4 is 17.4 Å². The van der Waals surface area contributed by atoms with Gasteiger partial charge in [0.05, 0.1) is 0 Å². The van der Waals surface area contributed by atoms with E-state index in [-0.39, 0.29) is 17.4 Å². The number of carbonyl (C=O) groups excluding carboxylic acids is 1. The second-order valence-corrected chi connectivity index (χ2v) is 5.80. The van der Waals surface area contributed by atoms with Crippen LogP contribution in [0.4, 0.5) is 15.9 Å². The zero-order valence-corrected chi connectivity index (χ0v) is 14.4. The third-order valence-electron chi connectivity index (χ3n) is 3.98. The highest BCUT2D eigenvalue weighted by Gasteiger charge is 2.10. The molecule has 1 N–H and O–H groups in total. The highest BCUT2D eigenvalue weighted by atomic mass is 19.1. The van der Waals surface area contributed by atoms with Gasteiger partial charge in [-0.15, -0.1) is 10.2 Å². The number of benzene rings is 2. The Balaban J connectivity index is 1.56. The summed E-state index contributed by atoms with van der Waals surface area (Å²) in [7, 11) is 1.89. The molecule has 1 aromatic heterocycles. The summed E-state index contributed by atoms with van der Waals surface area (Å²) in [6, 6.07) is 19.4. The molecule has 132 valence electrons. The van der Waals surface area contributed by atoms with E-state index >= 15 is 0 Å². The van der Waals surface area contributed by atoms with Gasteiger partial charge in [0, 0.05) is 19.3 Å². The Kier molecular flexibility index (Phi) is 5.53. The molecule has 0 aliphatic heterocycles. The van der Waals surface area contributed by atoms with Gasteiger partial charge in [0.2, 0.25) is 0 Å². The van der Waals surface area contributed by atoms with Crippen molar-refractivity contribution < 1.29 is 9.18 Å². The van der Waals surface area contributed by atoms with Crippen molar-refractivity contribution in [3.63, 3.8) is 0 Å². The summed E-state index contributed by atoms with van der Waals surface area (Å²) < 4.78 is 12.9. The number of rotatable bonds is 6. The Morgan fingerprint density at radius 3 is 2.38 bits per heavy atom. The van der Waals surface area contributed by atoms with Crippen LogP contribution in [0.5, 0.6) is 0 Å². The van der Waals surface area contributed by atoms with Crippen LogP contribution in [0.3, 0.4) is 0 Å². The Hall–Kier alpha value is -3.28. The molecule has 0 bridgehead atoms. The summed E-state index contributed by atoms with van der Waals surface area (Å²) in [5.74, 6) is 0.0983. The van der Waals surface area contributed by atoms with E-state index in [0.29, 0.717) is 18.8 Å². The lowest BCUT2D eigenvalue weighted by atomic mass is 10.1. The first-order chi connectivity index (χ1) is 12.6. The molecule has 1 amide bonds. The number of anilines is 2. The molecule has 6 heteroatoms. The second kappa shape index (κ2) is 8.20. The van der Waals surface area contributed by atoms with Crippen molar-refractivity contribution in [3.8, 4) is 0 Å². The molecule has 3 aromatic rings. The van der Waals surface area contributed by atoms with Crippen LogP contribution in [0.25, 0.3) is 0 Å². The van der Waals surface area contributed by atoms with Crippen molar-refractivity contribution in [2.45, 2.75) is 6.42 Å². The molecule has 2 aromatic carbocycles. The monoisotopic (exact) mass is 350 g/mol. The van der Waals surface area contributed by atoms with E-state index in [2.05, 4.69) is 15.5 Å². The summed E-state index contributed by atoms with van der Waals surface area (Å²) in [4.78, 5) is 14.0. The van der Waals surface area contributed by atoms with Crippen LogP contribution in [-0.4, -0.2) is 29.7 Å². The minimum Gasteiger partial charge on any atom is -0.350 e. The normalized spacial score (nSPS) is 10.4. The molecule has 1 heterocycles. The van der Waals surface area contributed by atoms with Crippen LogP contribution in [0.15, 0.2) is 66.7 Å². The van der Waals surface area contributed by atoms with Gasteiger partial charge in [-0.05, 0) is 48.4 Å². The molecule has 0 atom stereocenters. The second-order valence-electron chi connectivity index (χ2n) is 5.80. The highest BCUT2D eigenvalue weighted by molar-refractivity contribution is 5.92. The van der Waals surface area contributed by atoms with Crippen LogP contribution >= 0.6 is 0 Å². The lowest BCUT2D eigenvalue weighted by Gasteiger charge is -2.17. The number of halogens is 1. The first-order valence-electron chi connectivity index (χ1n) is 8.28. The smallest absolute Gasteiger partial charge is 0.271 e. The van der Waals surface area contributed by atoms with E-state index in [1.54, 1.807) is 24.3 Å². The van der Waals surface area contributed by atoms with Crippen LogP contribution < -0.4 is 10.2 Å². The van der Waals surface area contributed by atoms with Crippen LogP contribution in [0.2, 0.25) is 0 Å². The van der Waals surface area contributed by atoms with E-state index < -0.39 is 0 Å². The Morgan fingerprint density at radius 1 is 1.00 bits per heavy atom. The predicted octanol–water partition coefficient (Wildman–Crippen LogP) is 3.36. The molecule has 0 aliphatic carbocycles. The first-order valence-corrected chi connectivity index (χ1v) is 8.28. The van der Waals surface area contributed by atoms with Crippen molar-refractivity contribution in [3.05, 3.63) is 83.8 Å². The van der Waals surface area contributed by atoms with E-state index in [4.69, 9.17) is 0 Å². The fourth-order valence-corrected chi connectivity index (χ4v) is 2.47. The largest absolute Gasteiger partial charge is 0.350 e. The van der Waals surface area contributed by atoms with Gasteiger partial charge in [0.25, 0.3) is 5.91 Å². The van der Waals surface area contributed by atoms with Crippen LogP contribution in [0.1, 0.15) is 16.1 Å². The van der Waals surface area contributed by atoms with Crippen molar-refractivity contribution in [1.29, 1.82) is 0 Å². The number of amides is 1. The average molecular weight is 350 g/mol. The van der Waals surface area contributed by atoms with Crippen molar-refractivity contribution in [1.82, 2.24) is 15.5 Å². The van der Waals surface area contributed by atoms with Gasteiger partial charge in [-0.25, -0.2) is 4.39 Å². The molecule has 0 radical (unpaired) electrons. The summed E-state index contributed by atoms with van der Waals surface area (Å²) in [5.41, 5.74) is 2.20. The minimum absolute atomic E-state index is 0.259. The van der Waals surface area contributed by atoms with Crippen LogP contribution in [0, 0.1) is 5.82 Å². The highest BCUT2D eigenvalue weighted by Crippen LogP contribution is 2.20. The standard InChI is InChI=1S/C20H19FN4O/c1-25(17-5-3-2-4-6-17)19-12-11-18(23-24-19)20(26)22-14-13-15-7-9-16(21)10-8-15/h2-12H,13-14H2,1H3,(H,22,26). The fraction of sp³-hybridized carbons (Fsp3) is 0.150. The Labute approximate surface area is 151 Å². The molecule has 3 rings (SSSR count). The topological polar surface area (TPSA) is 58.1 Å². The van der Waals surface area contributed by atoms with Gasteiger partial charge in [-0.3, -0.25) is 4.79 Å². The van der Waals surface area contributed by atoms with E-state index in [1.807, 2.05) is 42.3 Å². The summed E-state index contributed by atoms with van der Waals surface area (Å²) in [6.07, 6.45) is 0.619. The molecule has 0 saturated carbocycles. The summed E-state index contributed by atoms with van der Waals surface area (Å²) >= 11 is 0. The quantitative estimate of drug-likeness (QED) is 0.741. The number of para-hydroxylation sites is 1. The molecular formula is C20H19FN4O. The van der Waals surface area contributed by atoms with Gasteiger partial charge < -0.3 is 10.2 Å². The number of hydrogen-bond acceptors (Lipinski definition) is 4. The number of carbonyl (C=O) groups is 1. The zero-order chi connectivity index (χ0) is 18.4. The summed E-state index contributed by atoms with van der Waals surface area (Å²) in [5, 5.41) is 10.9. The molecule has 0 unspecified atom stereocenters. The lowest BCUT2D eigenvalue weighted by molar-refractivity contribution is 0.0948. The fourth-order valence-electron chi connectivity index (χ4n) is 2.47. The number of nitrogens with one attached hydrogen (secondary N) is 1. The third kappa shape index (κ3) is 4.42. The average Bonchev–Trinajstić information content (AvgIpc) is 2.69. The number of hydrogen-bond donors (Lipinski definition) is 1. The van der Waals surface area contributed by atoms with Gasteiger partial charge >= 0.3 is 0 Å². The van der Waals surface area contributed by atoms with Gasteiger partial charge in [0.15, 0.2) is 11.5 Å². The van der Waals surface area contributed by atoms with Crippen molar-refractivity contribution in [2.75, 3.05) is 18.5 Å². The first kappa shape index (κ1) is 17.5. The number of nitrogens with zero attached hydrogens (tertiary/aromatic N) is 3. The van der Waals surface area contributed by atoms with E-state index in [9.17, 15) is 9.18 Å². The molecular weight excluding hydrogens is 331 g/mol. The third-order valence-corrected chi connectivity index (χ3v) is 3.98. The molecule has 0 saturated heterocycles. The molecule has 0 aliphatic rings. The predicted molar refractivity (Wildman–Crippen MR) is 99.0 cm³/mol. The maximum atomic E-state index is 12.9. The van der Waals surface area contributed by atoms with Gasteiger partial charge in [0.1, 0.15) is 5.82 Å². The maximum absolute atomic E-state index is 12.9. The van der Waals surface area contributed by atoms with Crippen LogP contribution in [-0.2, 0) is 6.42 Å². The minimum atomic E-state index is -0.284. The Morgan fingerprint density at radius 2 is 1.73 bits per heavy atom. The molecule has 26 heavy (non-hydrogen) atoms. The number of aromatic nitrogens is 2.